The molecule has 1 atom stereocenters. The second-order valence-electron chi connectivity index (χ2n) is 7.11. The van der Waals surface area contributed by atoms with Crippen LogP contribution in [0.3, 0.4) is 0 Å². The van der Waals surface area contributed by atoms with Gasteiger partial charge < -0.3 is 24.7 Å². The van der Waals surface area contributed by atoms with Crippen molar-refractivity contribution in [1.29, 1.82) is 0 Å². The summed E-state index contributed by atoms with van der Waals surface area (Å²) in [5.74, 6) is 0.822. The van der Waals surface area contributed by atoms with Crippen LogP contribution in [0.4, 0.5) is 4.79 Å². The average Bonchev–Trinajstić information content (AvgIpc) is 2.96. The first-order chi connectivity index (χ1) is 11.4. The molecule has 130 valence electrons. The van der Waals surface area contributed by atoms with E-state index in [0.29, 0.717) is 13.1 Å². The summed E-state index contributed by atoms with van der Waals surface area (Å²) in [5.41, 5.74) is 1.61. The van der Waals surface area contributed by atoms with Crippen LogP contribution >= 0.6 is 0 Å². The number of amides is 1. The Morgan fingerprint density at radius 2 is 2.08 bits per heavy atom. The van der Waals surface area contributed by atoms with Crippen LogP contribution in [0.25, 0.3) is 10.9 Å². The first kappa shape index (κ1) is 16.6. The minimum absolute atomic E-state index is 0.0599. The Kier molecular flexibility index (Phi) is 4.41. The second-order valence-corrected chi connectivity index (χ2v) is 7.11. The molecular weight excluding hydrogens is 306 g/mol. The lowest BCUT2D eigenvalue weighted by molar-refractivity contribution is 0.0194. The Morgan fingerprint density at radius 3 is 2.79 bits per heavy atom. The van der Waals surface area contributed by atoms with Crippen molar-refractivity contribution >= 4 is 17.0 Å². The summed E-state index contributed by atoms with van der Waals surface area (Å²) in [4.78, 5) is 17.5. The number of carbonyl (C=O) groups is 1. The number of H-pyrrole nitrogens is 1. The van der Waals surface area contributed by atoms with Gasteiger partial charge in [0, 0.05) is 36.9 Å². The molecule has 1 aromatic heterocycles. The number of carbonyl (C=O) groups excluding carboxylic acids is 1. The van der Waals surface area contributed by atoms with Gasteiger partial charge >= 0.3 is 6.09 Å². The molecule has 1 amide bonds. The highest BCUT2D eigenvalue weighted by atomic mass is 16.6. The molecule has 0 spiro atoms. The molecule has 1 aliphatic rings. The highest BCUT2D eigenvalue weighted by molar-refractivity contribution is 5.82. The van der Waals surface area contributed by atoms with Crippen molar-refractivity contribution in [2.24, 2.45) is 0 Å². The number of methoxy groups -OCH3 is 1. The lowest BCUT2D eigenvalue weighted by atomic mass is 10.1. The minimum atomic E-state index is -0.477. The molecule has 6 heteroatoms. The average molecular weight is 331 g/mol. The number of fused-ring (bicyclic) bond motifs is 1. The van der Waals surface area contributed by atoms with Crippen molar-refractivity contribution in [3.8, 4) is 5.75 Å². The van der Waals surface area contributed by atoms with Crippen LogP contribution in [0, 0.1) is 0 Å². The van der Waals surface area contributed by atoms with Gasteiger partial charge in [-0.25, -0.2) is 4.79 Å². The van der Waals surface area contributed by atoms with E-state index in [0.717, 1.165) is 28.9 Å². The van der Waals surface area contributed by atoms with E-state index in [9.17, 15) is 4.79 Å². The van der Waals surface area contributed by atoms with Crippen LogP contribution < -0.4 is 10.1 Å². The molecule has 0 bridgehead atoms. The summed E-state index contributed by atoms with van der Waals surface area (Å²) in [6.45, 7) is 7.63. The van der Waals surface area contributed by atoms with Gasteiger partial charge in [0.25, 0.3) is 0 Å². The third kappa shape index (κ3) is 3.64. The summed E-state index contributed by atoms with van der Waals surface area (Å²) in [5, 5.41) is 4.59. The number of nitrogens with one attached hydrogen (secondary N) is 2. The molecule has 6 nitrogen and oxygen atoms in total. The summed E-state index contributed by atoms with van der Waals surface area (Å²) in [6, 6.07) is 8.13. The molecule has 1 aliphatic heterocycles. The highest BCUT2D eigenvalue weighted by Crippen LogP contribution is 2.26. The van der Waals surface area contributed by atoms with E-state index in [1.54, 1.807) is 12.0 Å². The molecule has 24 heavy (non-hydrogen) atoms. The Morgan fingerprint density at radius 1 is 1.29 bits per heavy atom. The van der Waals surface area contributed by atoms with Crippen LogP contribution in [-0.4, -0.2) is 48.3 Å². The molecule has 1 aromatic carbocycles. The van der Waals surface area contributed by atoms with Crippen molar-refractivity contribution in [3.63, 3.8) is 0 Å². The maximum atomic E-state index is 12.3. The van der Waals surface area contributed by atoms with Gasteiger partial charge in [-0.2, -0.15) is 0 Å². The number of aromatic nitrogens is 1. The van der Waals surface area contributed by atoms with Crippen LogP contribution in [0.2, 0.25) is 0 Å². The van der Waals surface area contributed by atoms with Crippen LogP contribution in [0.5, 0.6) is 5.75 Å². The van der Waals surface area contributed by atoms with E-state index >= 15 is 0 Å². The van der Waals surface area contributed by atoms with Gasteiger partial charge in [-0.1, -0.05) is 0 Å². The molecule has 3 rings (SSSR count). The normalized spacial score (nSPS) is 18.7. The fourth-order valence-electron chi connectivity index (χ4n) is 2.89. The van der Waals surface area contributed by atoms with Gasteiger partial charge in [0.15, 0.2) is 0 Å². The number of hydrogen-bond acceptors (Lipinski definition) is 4. The molecule has 0 saturated carbocycles. The second kappa shape index (κ2) is 6.36. The van der Waals surface area contributed by atoms with Crippen molar-refractivity contribution in [2.75, 3.05) is 26.7 Å². The third-order valence-corrected chi connectivity index (χ3v) is 4.05. The van der Waals surface area contributed by atoms with Crippen molar-refractivity contribution in [2.45, 2.75) is 32.4 Å². The highest BCUT2D eigenvalue weighted by Gasteiger charge is 2.28. The van der Waals surface area contributed by atoms with E-state index in [4.69, 9.17) is 9.47 Å². The zero-order valence-electron chi connectivity index (χ0n) is 14.7. The molecule has 0 aliphatic carbocycles. The maximum absolute atomic E-state index is 12.3. The van der Waals surface area contributed by atoms with E-state index < -0.39 is 5.60 Å². The van der Waals surface area contributed by atoms with Crippen LogP contribution in [0.1, 0.15) is 32.5 Å². The van der Waals surface area contributed by atoms with Gasteiger partial charge in [-0.05, 0) is 44.4 Å². The van der Waals surface area contributed by atoms with Gasteiger partial charge in [-0.3, -0.25) is 0 Å². The smallest absolute Gasteiger partial charge is 0.410 e. The van der Waals surface area contributed by atoms with Crippen LogP contribution in [-0.2, 0) is 4.74 Å². The first-order valence-electron chi connectivity index (χ1n) is 8.24. The van der Waals surface area contributed by atoms with Crippen molar-refractivity contribution in [3.05, 3.63) is 30.0 Å². The lowest BCUT2D eigenvalue weighted by Crippen LogP contribution is -2.49. The Balaban J connectivity index is 1.76. The summed E-state index contributed by atoms with van der Waals surface area (Å²) in [6.07, 6.45) is -0.258. The molecule has 2 N–H and O–H groups in total. The van der Waals surface area contributed by atoms with Gasteiger partial charge in [0.2, 0.25) is 0 Å². The summed E-state index contributed by atoms with van der Waals surface area (Å²) >= 11 is 0. The van der Waals surface area contributed by atoms with E-state index in [-0.39, 0.29) is 12.1 Å². The van der Waals surface area contributed by atoms with Gasteiger partial charge in [0.1, 0.15) is 11.4 Å². The number of hydrogen-bond donors (Lipinski definition) is 2. The number of rotatable bonds is 2. The number of ether oxygens (including phenoxy) is 2. The summed E-state index contributed by atoms with van der Waals surface area (Å²) < 4.78 is 10.7. The lowest BCUT2D eigenvalue weighted by Gasteiger charge is -2.34. The number of aromatic amines is 1. The number of piperazine rings is 1. The van der Waals surface area contributed by atoms with E-state index in [1.807, 2.05) is 39.0 Å². The zero-order chi connectivity index (χ0) is 17.3. The van der Waals surface area contributed by atoms with Gasteiger partial charge in [0.05, 0.1) is 13.2 Å². The molecule has 2 heterocycles. The fraction of sp³-hybridized carbons (Fsp3) is 0.500. The van der Waals surface area contributed by atoms with E-state index in [2.05, 4.69) is 16.4 Å². The maximum Gasteiger partial charge on any atom is 0.410 e. The number of benzene rings is 1. The fourth-order valence-corrected chi connectivity index (χ4v) is 2.89. The largest absolute Gasteiger partial charge is 0.497 e. The zero-order valence-corrected chi connectivity index (χ0v) is 14.7. The number of nitrogens with zero attached hydrogens (tertiary/aromatic N) is 1. The van der Waals surface area contributed by atoms with Crippen LogP contribution in [0.15, 0.2) is 24.3 Å². The van der Waals surface area contributed by atoms with Crippen molar-refractivity contribution in [1.82, 2.24) is 15.2 Å². The van der Waals surface area contributed by atoms with Gasteiger partial charge in [-0.15, -0.1) is 0 Å². The summed E-state index contributed by atoms with van der Waals surface area (Å²) in [7, 11) is 1.66. The van der Waals surface area contributed by atoms with Crippen molar-refractivity contribution < 1.29 is 14.3 Å². The molecule has 1 unspecified atom stereocenters. The third-order valence-electron chi connectivity index (χ3n) is 4.05. The Labute approximate surface area is 142 Å². The molecule has 1 saturated heterocycles. The minimum Gasteiger partial charge on any atom is -0.497 e. The quantitative estimate of drug-likeness (QED) is 0.887. The molecule has 2 aromatic rings. The topological polar surface area (TPSA) is 66.6 Å². The molecular formula is C18H25N3O3. The Hall–Kier alpha value is -2.21. The molecule has 1 fully saturated rings. The predicted octanol–water partition coefficient (Wildman–Crippen LogP) is 3.06. The SMILES string of the molecule is COc1ccc2cc(C3CN(C(=O)OC(C)(C)C)CCN3)[nH]c2c1. The standard InChI is InChI=1S/C18H25N3O3/c1-18(2,3)24-17(22)21-8-7-19-16(11-21)15-9-12-5-6-13(23-4)10-14(12)20-15/h5-6,9-10,16,19-20H,7-8,11H2,1-4H3. The monoisotopic (exact) mass is 331 g/mol. The first-order valence-corrected chi connectivity index (χ1v) is 8.24. The molecule has 0 radical (unpaired) electrons. The predicted molar refractivity (Wildman–Crippen MR) is 93.4 cm³/mol. The van der Waals surface area contributed by atoms with E-state index in [1.165, 1.54) is 0 Å². The Bertz CT molecular complexity index is 733.